The molecule has 1 aliphatic rings. The van der Waals surface area contributed by atoms with E-state index in [1.165, 1.54) is 0 Å². The van der Waals surface area contributed by atoms with Gasteiger partial charge in [0.1, 0.15) is 12.6 Å². The molecule has 0 bridgehead atoms. The maximum Gasteiger partial charge on any atom is 0.407 e. The van der Waals surface area contributed by atoms with Crippen molar-refractivity contribution < 1.29 is 24.2 Å². The van der Waals surface area contributed by atoms with Crippen molar-refractivity contribution >= 4 is 18.0 Å². The van der Waals surface area contributed by atoms with Gasteiger partial charge < -0.3 is 20.5 Å². The van der Waals surface area contributed by atoms with Gasteiger partial charge in [0.15, 0.2) is 0 Å². The molecule has 7 nitrogen and oxygen atoms in total. The molecule has 3 N–H and O–H groups in total. The highest BCUT2D eigenvalue weighted by Gasteiger charge is 2.33. The van der Waals surface area contributed by atoms with Crippen molar-refractivity contribution in [2.75, 3.05) is 13.2 Å². The van der Waals surface area contributed by atoms with Crippen molar-refractivity contribution in [3.63, 3.8) is 0 Å². The van der Waals surface area contributed by atoms with Gasteiger partial charge in [-0.15, -0.1) is 0 Å². The molecule has 0 saturated carbocycles. The van der Waals surface area contributed by atoms with Gasteiger partial charge in [-0.1, -0.05) is 82.6 Å². The normalized spacial score (nSPS) is 14.5. The second kappa shape index (κ2) is 10.7. The molecule has 2 atom stereocenters. The SMILES string of the molecule is CCC(C)[C@H](NC(=O)C(C)(C)CCNC(=O)OCC1c2ccccc2-c2ccccc21)C(=O)O. The van der Waals surface area contributed by atoms with Crippen LogP contribution in [0.5, 0.6) is 0 Å². The van der Waals surface area contributed by atoms with Gasteiger partial charge in [0.25, 0.3) is 0 Å². The van der Waals surface area contributed by atoms with E-state index < -0.39 is 23.5 Å². The fraction of sp³-hybridized carbons (Fsp3) is 0.444. The van der Waals surface area contributed by atoms with Gasteiger partial charge in [-0.05, 0) is 34.6 Å². The van der Waals surface area contributed by atoms with Crippen LogP contribution in [0.15, 0.2) is 48.5 Å². The van der Waals surface area contributed by atoms with Gasteiger partial charge in [-0.3, -0.25) is 4.79 Å². The van der Waals surface area contributed by atoms with Crippen LogP contribution in [0.4, 0.5) is 4.79 Å². The van der Waals surface area contributed by atoms with Crippen LogP contribution in [0.25, 0.3) is 11.1 Å². The third-order valence-corrected chi connectivity index (χ3v) is 6.74. The lowest BCUT2D eigenvalue weighted by Crippen LogP contribution is -2.50. The molecule has 1 unspecified atom stereocenters. The summed E-state index contributed by atoms with van der Waals surface area (Å²) < 4.78 is 5.53. The van der Waals surface area contributed by atoms with E-state index in [0.29, 0.717) is 12.8 Å². The maximum atomic E-state index is 12.7. The minimum absolute atomic E-state index is 0.0196. The Kier molecular flexibility index (Phi) is 7.97. The minimum atomic E-state index is -1.05. The number of hydrogen-bond donors (Lipinski definition) is 3. The molecule has 3 rings (SSSR count). The van der Waals surface area contributed by atoms with Gasteiger partial charge >= 0.3 is 12.1 Å². The highest BCUT2D eigenvalue weighted by molar-refractivity contribution is 5.87. The summed E-state index contributed by atoms with van der Waals surface area (Å²) in [5.41, 5.74) is 3.76. The Labute approximate surface area is 200 Å². The van der Waals surface area contributed by atoms with Crippen LogP contribution >= 0.6 is 0 Å². The first kappa shape index (κ1) is 25.3. The van der Waals surface area contributed by atoms with Gasteiger partial charge in [-0.2, -0.15) is 0 Å². The summed E-state index contributed by atoms with van der Waals surface area (Å²) in [7, 11) is 0. The van der Waals surface area contributed by atoms with Crippen LogP contribution in [0.1, 0.15) is 57.6 Å². The van der Waals surface area contributed by atoms with Crippen LogP contribution < -0.4 is 10.6 Å². The fourth-order valence-corrected chi connectivity index (χ4v) is 4.26. The Morgan fingerprint density at radius 2 is 1.59 bits per heavy atom. The van der Waals surface area contributed by atoms with Crippen molar-refractivity contribution in [3.8, 4) is 11.1 Å². The number of fused-ring (bicyclic) bond motifs is 3. The number of amides is 2. The lowest BCUT2D eigenvalue weighted by molar-refractivity contribution is -0.145. The van der Waals surface area contributed by atoms with E-state index in [1.54, 1.807) is 20.8 Å². The van der Waals surface area contributed by atoms with Gasteiger partial charge in [0.05, 0.1) is 0 Å². The van der Waals surface area contributed by atoms with Crippen LogP contribution in [-0.2, 0) is 14.3 Å². The lowest BCUT2D eigenvalue weighted by Gasteiger charge is -2.28. The Hall–Kier alpha value is -3.35. The molecule has 2 aromatic carbocycles. The zero-order chi connectivity index (χ0) is 24.9. The van der Waals surface area contributed by atoms with Crippen molar-refractivity contribution in [1.82, 2.24) is 10.6 Å². The smallest absolute Gasteiger partial charge is 0.407 e. The molecule has 2 aromatic rings. The molecule has 34 heavy (non-hydrogen) atoms. The Morgan fingerprint density at radius 1 is 1.03 bits per heavy atom. The number of aliphatic carboxylic acids is 1. The van der Waals surface area contributed by atoms with Crippen LogP contribution in [0.3, 0.4) is 0 Å². The Morgan fingerprint density at radius 3 is 2.12 bits per heavy atom. The standard InChI is InChI=1S/C27H34N2O5/c1-5-17(2)23(24(30)31)29-25(32)27(3,4)14-15-28-26(33)34-16-22-20-12-8-6-10-18(20)19-11-7-9-13-21(19)22/h6-13,17,22-23H,5,14-16H2,1-4H3,(H,28,33)(H,29,32)(H,30,31)/t17?,23-/m0/s1. The Bertz CT molecular complexity index is 1000. The monoisotopic (exact) mass is 466 g/mol. The second-order valence-electron chi connectivity index (χ2n) is 9.56. The predicted molar refractivity (Wildman–Crippen MR) is 130 cm³/mol. The fourth-order valence-electron chi connectivity index (χ4n) is 4.26. The molecule has 0 saturated heterocycles. The minimum Gasteiger partial charge on any atom is -0.480 e. The average molecular weight is 467 g/mol. The Balaban J connectivity index is 1.51. The average Bonchev–Trinajstić information content (AvgIpc) is 3.14. The number of carbonyl (C=O) groups excluding carboxylic acids is 2. The summed E-state index contributed by atoms with van der Waals surface area (Å²) in [4.78, 5) is 36.6. The number of hydrogen-bond acceptors (Lipinski definition) is 4. The molecular weight excluding hydrogens is 432 g/mol. The summed E-state index contributed by atoms with van der Waals surface area (Å²) in [5, 5.41) is 14.8. The van der Waals surface area contributed by atoms with Gasteiger partial charge in [0.2, 0.25) is 5.91 Å². The molecule has 1 aliphatic carbocycles. The topological polar surface area (TPSA) is 105 Å². The molecule has 0 spiro atoms. The summed E-state index contributed by atoms with van der Waals surface area (Å²) >= 11 is 0. The third kappa shape index (κ3) is 5.58. The third-order valence-electron chi connectivity index (χ3n) is 6.74. The summed E-state index contributed by atoms with van der Waals surface area (Å²) in [6.45, 7) is 7.60. The summed E-state index contributed by atoms with van der Waals surface area (Å²) in [6, 6.07) is 15.3. The number of alkyl carbamates (subject to hydrolysis) is 1. The van der Waals surface area contributed by atoms with Crippen molar-refractivity contribution in [1.29, 1.82) is 0 Å². The summed E-state index contributed by atoms with van der Waals surface area (Å²) in [5.74, 6) is -1.60. The van der Waals surface area contributed by atoms with Gasteiger partial charge in [0, 0.05) is 17.9 Å². The largest absolute Gasteiger partial charge is 0.480 e. The zero-order valence-corrected chi connectivity index (χ0v) is 20.3. The number of benzene rings is 2. The molecular formula is C27H34N2O5. The van der Waals surface area contributed by atoms with E-state index >= 15 is 0 Å². The van der Waals surface area contributed by atoms with E-state index in [1.807, 2.05) is 31.2 Å². The predicted octanol–water partition coefficient (Wildman–Crippen LogP) is 4.56. The first-order valence-electron chi connectivity index (χ1n) is 11.8. The summed E-state index contributed by atoms with van der Waals surface area (Å²) in [6.07, 6.45) is 0.442. The van der Waals surface area contributed by atoms with E-state index in [-0.39, 0.29) is 30.9 Å². The number of carbonyl (C=O) groups is 3. The number of nitrogens with one attached hydrogen (secondary N) is 2. The van der Waals surface area contributed by atoms with Crippen LogP contribution in [0.2, 0.25) is 0 Å². The first-order valence-corrected chi connectivity index (χ1v) is 11.8. The number of carboxylic acid groups (broad SMARTS) is 1. The van der Waals surface area contributed by atoms with Crippen molar-refractivity contribution in [3.05, 3.63) is 59.7 Å². The maximum absolute atomic E-state index is 12.7. The lowest BCUT2D eigenvalue weighted by atomic mass is 9.87. The molecule has 0 heterocycles. The second-order valence-corrected chi connectivity index (χ2v) is 9.56. The number of rotatable bonds is 10. The molecule has 0 radical (unpaired) electrons. The van der Waals surface area contributed by atoms with E-state index in [9.17, 15) is 19.5 Å². The van der Waals surface area contributed by atoms with E-state index in [2.05, 4.69) is 34.9 Å². The molecule has 182 valence electrons. The van der Waals surface area contributed by atoms with Crippen LogP contribution in [-0.4, -0.2) is 42.3 Å². The molecule has 0 fully saturated rings. The van der Waals surface area contributed by atoms with Crippen molar-refractivity contribution in [2.24, 2.45) is 11.3 Å². The number of carboxylic acids is 1. The molecule has 7 heteroatoms. The highest BCUT2D eigenvalue weighted by Crippen LogP contribution is 2.44. The molecule has 0 aromatic heterocycles. The first-order chi connectivity index (χ1) is 16.2. The molecule has 2 amide bonds. The van der Waals surface area contributed by atoms with E-state index in [0.717, 1.165) is 22.3 Å². The quantitative estimate of drug-likeness (QED) is 0.476. The van der Waals surface area contributed by atoms with E-state index in [4.69, 9.17) is 4.74 Å². The van der Waals surface area contributed by atoms with Crippen LogP contribution in [0, 0.1) is 11.3 Å². The highest BCUT2D eigenvalue weighted by atomic mass is 16.5. The van der Waals surface area contributed by atoms with Crippen molar-refractivity contribution in [2.45, 2.75) is 52.5 Å². The molecule has 0 aliphatic heterocycles. The zero-order valence-electron chi connectivity index (χ0n) is 20.3. The van der Waals surface area contributed by atoms with Gasteiger partial charge in [-0.25, -0.2) is 9.59 Å². The number of ether oxygens (including phenoxy) is 1.